The molecule has 0 saturated heterocycles. The highest BCUT2D eigenvalue weighted by Crippen LogP contribution is 2.17. The molecule has 0 fully saturated rings. The number of primary amides is 1. The van der Waals surface area contributed by atoms with Crippen LogP contribution in [0.15, 0.2) is 22.7 Å². The summed E-state index contributed by atoms with van der Waals surface area (Å²) in [6, 6.07) is 1.94. The molecule has 0 aliphatic carbocycles. The number of hydrogen-bond donors (Lipinski definition) is 3. The van der Waals surface area contributed by atoms with Gasteiger partial charge in [0.25, 0.3) is 5.91 Å². The zero-order chi connectivity index (χ0) is 14.6. The first-order chi connectivity index (χ1) is 8.81. The number of hydrogen-bond acceptors (Lipinski definition) is 3. The first-order valence-electron chi connectivity index (χ1n) is 5.08. The Balaban J connectivity index is 2.90. The molecule has 4 N–H and O–H groups in total. The summed E-state index contributed by atoms with van der Waals surface area (Å²) in [6.45, 7) is 0. The number of carboxylic acids is 1. The van der Waals surface area contributed by atoms with Crippen molar-refractivity contribution in [2.24, 2.45) is 5.73 Å². The quantitative estimate of drug-likeness (QED) is 0.735. The third kappa shape index (κ3) is 4.32. The van der Waals surface area contributed by atoms with Crippen molar-refractivity contribution in [2.45, 2.75) is 12.5 Å². The molecule has 1 aromatic carbocycles. The van der Waals surface area contributed by atoms with Crippen LogP contribution in [0.3, 0.4) is 0 Å². The second kappa shape index (κ2) is 6.28. The van der Waals surface area contributed by atoms with E-state index in [0.29, 0.717) is 4.47 Å². The summed E-state index contributed by atoms with van der Waals surface area (Å²) in [6.07, 6.45) is -0.548. The number of nitrogens with two attached hydrogens (primary N) is 1. The molecule has 0 aliphatic heterocycles. The summed E-state index contributed by atoms with van der Waals surface area (Å²) in [5.41, 5.74) is 4.80. The molecule has 102 valence electrons. The molecule has 0 aromatic heterocycles. The highest BCUT2D eigenvalue weighted by atomic mass is 79.9. The molecule has 0 bridgehead atoms. The van der Waals surface area contributed by atoms with E-state index in [9.17, 15) is 18.8 Å². The molecule has 0 radical (unpaired) electrons. The van der Waals surface area contributed by atoms with Gasteiger partial charge in [0.2, 0.25) is 5.91 Å². The fraction of sp³-hybridized carbons (Fsp3) is 0.182. The second-order valence-electron chi connectivity index (χ2n) is 3.66. The smallest absolute Gasteiger partial charge is 0.326 e. The molecule has 1 aromatic rings. The maximum Gasteiger partial charge on any atom is 0.326 e. The molecule has 0 saturated carbocycles. The summed E-state index contributed by atoms with van der Waals surface area (Å²) in [5.74, 6) is -3.74. The van der Waals surface area contributed by atoms with Gasteiger partial charge in [-0.1, -0.05) is 0 Å². The number of carbonyl (C=O) groups excluding carboxylic acids is 2. The van der Waals surface area contributed by atoms with E-state index in [4.69, 9.17) is 10.8 Å². The lowest BCUT2D eigenvalue weighted by Gasteiger charge is -2.13. The first-order valence-corrected chi connectivity index (χ1v) is 5.87. The van der Waals surface area contributed by atoms with Crippen LogP contribution in [0.1, 0.15) is 16.8 Å². The minimum absolute atomic E-state index is 0.0734. The predicted octanol–water partition coefficient (Wildman–Crippen LogP) is 0.647. The van der Waals surface area contributed by atoms with Crippen LogP contribution < -0.4 is 11.1 Å². The van der Waals surface area contributed by atoms with Gasteiger partial charge in [0.05, 0.1) is 12.0 Å². The minimum atomic E-state index is -1.46. The Hall–Kier alpha value is -1.96. The van der Waals surface area contributed by atoms with Gasteiger partial charge in [-0.05, 0) is 34.1 Å². The van der Waals surface area contributed by atoms with Crippen LogP contribution in [-0.2, 0) is 9.59 Å². The molecule has 2 amide bonds. The van der Waals surface area contributed by atoms with Gasteiger partial charge >= 0.3 is 5.97 Å². The van der Waals surface area contributed by atoms with Crippen molar-refractivity contribution in [1.82, 2.24) is 5.32 Å². The summed E-state index contributed by atoms with van der Waals surface area (Å²) in [7, 11) is 0. The molecular weight excluding hydrogens is 323 g/mol. The van der Waals surface area contributed by atoms with E-state index in [2.05, 4.69) is 21.2 Å². The van der Waals surface area contributed by atoms with E-state index in [0.717, 1.165) is 12.1 Å². The Kier molecular flexibility index (Phi) is 4.99. The van der Waals surface area contributed by atoms with Gasteiger partial charge in [-0.3, -0.25) is 9.59 Å². The normalized spacial score (nSPS) is 11.7. The Morgan fingerprint density at radius 3 is 2.58 bits per heavy atom. The van der Waals surface area contributed by atoms with Gasteiger partial charge in [0, 0.05) is 4.47 Å². The third-order valence-corrected chi connectivity index (χ3v) is 2.87. The number of nitrogens with one attached hydrogen (secondary N) is 1. The lowest BCUT2D eigenvalue weighted by molar-refractivity contribution is -0.140. The molecule has 1 atom stereocenters. The molecule has 0 heterocycles. The average Bonchev–Trinajstić information content (AvgIpc) is 2.30. The van der Waals surface area contributed by atoms with E-state index in [1.807, 2.05) is 0 Å². The monoisotopic (exact) mass is 332 g/mol. The lowest BCUT2D eigenvalue weighted by atomic mass is 10.1. The van der Waals surface area contributed by atoms with Crippen molar-refractivity contribution in [3.63, 3.8) is 0 Å². The summed E-state index contributed by atoms with van der Waals surface area (Å²) < 4.78 is 13.3. The van der Waals surface area contributed by atoms with Gasteiger partial charge in [0.15, 0.2) is 0 Å². The van der Waals surface area contributed by atoms with Gasteiger partial charge < -0.3 is 16.2 Å². The maximum absolute atomic E-state index is 13.0. The fourth-order valence-corrected chi connectivity index (χ4v) is 1.74. The summed E-state index contributed by atoms with van der Waals surface area (Å²) in [4.78, 5) is 33.3. The Morgan fingerprint density at radius 1 is 1.42 bits per heavy atom. The van der Waals surface area contributed by atoms with Crippen LogP contribution in [-0.4, -0.2) is 28.9 Å². The van der Waals surface area contributed by atoms with Crippen molar-refractivity contribution >= 4 is 33.7 Å². The number of rotatable bonds is 5. The molecule has 19 heavy (non-hydrogen) atoms. The maximum atomic E-state index is 13.0. The van der Waals surface area contributed by atoms with E-state index in [1.165, 1.54) is 6.07 Å². The largest absolute Gasteiger partial charge is 0.480 e. The number of aliphatic carboxylic acids is 1. The second-order valence-corrected chi connectivity index (χ2v) is 4.51. The highest BCUT2D eigenvalue weighted by molar-refractivity contribution is 9.10. The van der Waals surface area contributed by atoms with E-state index >= 15 is 0 Å². The Morgan fingerprint density at radius 2 is 2.05 bits per heavy atom. The first kappa shape index (κ1) is 15.1. The van der Waals surface area contributed by atoms with E-state index < -0.39 is 36.1 Å². The van der Waals surface area contributed by atoms with Crippen LogP contribution in [0.4, 0.5) is 4.39 Å². The van der Waals surface area contributed by atoms with Crippen LogP contribution in [0, 0.1) is 5.82 Å². The summed E-state index contributed by atoms with van der Waals surface area (Å²) >= 11 is 3.04. The predicted molar refractivity (Wildman–Crippen MR) is 66.8 cm³/mol. The van der Waals surface area contributed by atoms with Crippen molar-refractivity contribution in [3.05, 3.63) is 34.1 Å². The van der Waals surface area contributed by atoms with Crippen LogP contribution >= 0.6 is 15.9 Å². The topological polar surface area (TPSA) is 109 Å². The number of carboxylic acid groups (broad SMARTS) is 1. The van der Waals surface area contributed by atoms with Crippen molar-refractivity contribution < 1.29 is 23.9 Å². The molecule has 1 rings (SSSR count). The van der Waals surface area contributed by atoms with Gasteiger partial charge in [-0.15, -0.1) is 0 Å². The molecule has 0 spiro atoms. The molecular formula is C11H10BrFN2O4. The van der Waals surface area contributed by atoms with Gasteiger partial charge in [-0.25, -0.2) is 9.18 Å². The number of amides is 2. The van der Waals surface area contributed by atoms with Gasteiger partial charge in [0.1, 0.15) is 11.9 Å². The molecule has 8 heteroatoms. The standard InChI is InChI=1S/C11H10BrFN2O4/c12-7-2-1-5(13)3-6(7)10(17)15-8(11(18)19)4-9(14)16/h1-3,8H,4H2,(H2,14,16)(H,15,17)(H,18,19)/t8-/m0/s1. The van der Waals surface area contributed by atoms with Crippen LogP contribution in [0.5, 0.6) is 0 Å². The van der Waals surface area contributed by atoms with Crippen molar-refractivity contribution in [1.29, 1.82) is 0 Å². The zero-order valence-electron chi connectivity index (χ0n) is 9.52. The number of carbonyl (C=O) groups is 3. The lowest BCUT2D eigenvalue weighted by Crippen LogP contribution is -2.43. The molecule has 0 unspecified atom stereocenters. The van der Waals surface area contributed by atoms with E-state index in [-0.39, 0.29) is 5.56 Å². The van der Waals surface area contributed by atoms with Crippen LogP contribution in [0.25, 0.3) is 0 Å². The third-order valence-electron chi connectivity index (χ3n) is 2.18. The number of halogens is 2. The fourth-order valence-electron chi connectivity index (χ4n) is 1.31. The zero-order valence-corrected chi connectivity index (χ0v) is 11.1. The minimum Gasteiger partial charge on any atom is -0.480 e. The van der Waals surface area contributed by atoms with Crippen LogP contribution in [0.2, 0.25) is 0 Å². The van der Waals surface area contributed by atoms with Crippen molar-refractivity contribution in [2.75, 3.05) is 0 Å². The van der Waals surface area contributed by atoms with Gasteiger partial charge in [-0.2, -0.15) is 0 Å². The van der Waals surface area contributed by atoms with Crippen molar-refractivity contribution in [3.8, 4) is 0 Å². The Bertz CT molecular complexity index is 535. The molecule has 0 aliphatic rings. The summed E-state index contributed by atoms with van der Waals surface area (Å²) in [5, 5.41) is 10.9. The number of benzene rings is 1. The molecule has 6 nitrogen and oxygen atoms in total. The Labute approximate surface area is 115 Å². The average molecular weight is 333 g/mol. The highest BCUT2D eigenvalue weighted by Gasteiger charge is 2.23. The SMILES string of the molecule is NC(=O)C[C@H](NC(=O)c1cc(F)ccc1Br)C(=O)O. The van der Waals surface area contributed by atoms with E-state index in [1.54, 1.807) is 0 Å².